The van der Waals surface area contributed by atoms with Crippen molar-refractivity contribution in [2.75, 3.05) is 31.9 Å². The number of nitrogens with zero attached hydrogens (tertiary/aromatic N) is 2. The minimum atomic E-state index is -3.48. The summed E-state index contributed by atoms with van der Waals surface area (Å²) >= 11 is 1.02. The van der Waals surface area contributed by atoms with E-state index in [1.165, 1.54) is 0 Å². The molecule has 1 aliphatic heterocycles. The summed E-state index contributed by atoms with van der Waals surface area (Å²) in [5.41, 5.74) is 6.03. The first kappa shape index (κ1) is 15.7. The van der Waals surface area contributed by atoms with Crippen LogP contribution in [0.15, 0.2) is 4.21 Å². The molecule has 1 aliphatic rings. The summed E-state index contributed by atoms with van der Waals surface area (Å²) < 4.78 is 27.4. The SMILES string of the molecule is CCN1CCC(CNS(=O)(=O)c2sc(N)nc2C)CC1. The third kappa shape index (κ3) is 3.69. The van der Waals surface area contributed by atoms with Gasteiger partial charge in [-0.05, 0) is 45.3 Å². The molecule has 0 spiro atoms. The van der Waals surface area contributed by atoms with Crippen LogP contribution in [0.5, 0.6) is 0 Å². The van der Waals surface area contributed by atoms with Gasteiger partial charge in [0.15, 0.2) is 9.34 Å². The molecular formula is C12H22N4O2S2. The van der Waals surface area contributed by atoms with Gasteiger partial charge in [-0.2, -0.15) is 0 Å². The topological polar surface area (TPSA) is 88.3 Å². The molecule has 20 heavy (non-hydrogen) atoms. The average Bonchev–Trinajstić information content (AvgIpc) is 2.77. The molecule has 1 aromatic heterocycles. The summed E-state index contributed by atoms with van der Waals surface area (Å²) in [7, 11) is -3.48. The second-order valence-corrected chi connectivity index (χ2v) is 8.15. The van der Waals surface area contributed by atoms with Crippen molar-refractivity contribution in [3.63, 3.8) is 0 Å². The van der Waals surface area contributed by atoms with Crippen molar-refractivity contribution >= 4 is 26.5 Å². The number of rotatable bonds is 5. The molecule has 1 saturated heterocycles. The van der Waals surface area contributed by atoms with Gasteiger partial charge in [0.05, 0.1) is 5.69 Å². The number of likely N-dealkylation sites (tertiary alicyclic amines) is 1. The molecule has 0 bridgehead atoms. The largest absolute Gasteiger partial charge is 0.375 e. The average molecular weight is 318 g/mol. The lowest BCUT2D eigenvalue weighted by Crippen LogP contribution is -2.38. The molecule has 0 atom stereocenters. The van der Waals surface area contributed by atoms with Gasteiger partial charge in [-0.25, -0.2) is 18.1 Å². The standard InChI is InChI=1S/C12H22N4O2S2/c1-3-16-6-4-10(5-7-16)8-14-20(17,18)11-9(2)15-12(13)19-11/h10,14H,3-8H2,1-2H3,(H2,13,15). The Morgan fingerprint density at radius 3 is 2.60 bits per heavy atom. The van der Waals surface area contributed by atoms with Crippen LogP contribution in [0, 0.1) is 12.8 Å². The number of nitrogens with two attached hydrogens (primary N) is 1. The molecule has 0 saturated carbocycles. The van der Waals surface area contributed by atoms with Crippen LogP contribution in [-0.2, 0) is 10.0 Å². The van der Waals surface area contributed by atoms with Gasteiger partial charge >= 0.3 is 0 Å². The summed E-state index contributed by atoms with van der Waals surface area (Å²) in [5.74, 6) is 0.415. The maximum Gasteiger partial charge on any atom is 0.252 e. The van der Waals surface area contributed by atoms with Gasteiger partial charge in [0, 0.05) is 6.54 Å². The third-order valence-corrected chi connectivity index (χ3v) is 6.75. The molecule has 3 N–H and O–H groups in total. The van der Waals surface area contributed by atoms with Crippen molar-refractivity contribution in [2.24, 2.45) is 5.92 Å². The first-order chi connectivity index (χ1) is 9.42. The Hall–Kier alpha value is -0.700. The van der Waals surface area contributed by atoms with Gasteiger partial charge in [-0.3, -0.25) is 0 Å². The number of nitrogens with one attached hydrogen (secondary N) is 1. The Morgan fingerprint density at radius 1 is 1.45 bits per heavy atom. The minimum absolute atomic E-state index is 0.237. The molecular weight excluding hydrogens is 296 g/mol. The van der Waals surface area contributed by atoms with E-state index in [1.807, 2.05) is 0 Å². The normalized spacial score (nSPS) is 18.5. The fourth-order valence-electron chi connectivity index (χ4n) is 2.45. The van der Waals surface area contributed by atoms with Crippen molar-refractivity contribution in [3.05, 3.63) is 5.69 Å². The number of thiazole rings is 1. The number of sulfonamides is 1. The fourth-order valence-corrected chi connectivity index (χ4v) is 4.91. The van der Waals surface area contributed by atoms with E-state index in [9.17, 15) is 8.42 Å². The van der Waals surface area contributed by atoms with Crippen molar-refractivity contribution in [3.8, 4) is 0 Å². The number of anilines is 1. The second kappa shape index (κ2) is 6.38. The minimum Gasteiger partial charge on any atom is -0.375 e. The Kier molecular flexibility index (Phi) is 5.00. The zero-order chi connectivity index (χ0) is 14.8. The highest BCUT2D eigenvalue weighted by atomic mass is 32.2. The molecule has 1 aromatic rings. The molecule has 0 aliphatic carbocycles. The third-order valence-electron chi connectivity index (χ3n) is 3.73. The van der Waals surface area contributed by atoms with Gasteiger partial charge in [0.25, 0.3) is 10.0 Å². The van der Waals surface area contributed by atoms with Crippen LogP contribution in [0.3, 0.4) is 0 Å². The van der Waals surface area contributed by atoms with E-state index in [0.717, 1.165) is 43.8 Å². The first-order valence-corrected chi connectivity index (χ1v) is 9.17. The Balaban J connectivity index is 1.92. The predicted molar refractivity (Wildman–Crippen MR) is 81.3 cm³/mol. The van der Waals surface area contributed by atoms with Gasteiger partial charge in [0.1, 0.15) is 0 Å². The van der Waals surface area contributed by atoms with Crippen molar-refractivity contribution in [2.45, 2.75) is 30.9 Å². The van der Waals surface area contributed by atoms with Crippen LogP contribution in [0.4, 0.5) is 5.13 Å². The molecule has 0 amide bonds. The fraction of sp³-hybridized carbons (Fsp3) is 0.750. The number of aromatic nitrogens is 1. The first-order valence-electron chi connectivity index (χ1n) is 6.87. The highest BCUT2D eigenvalue weighted by molar-refractivity contribution is 7.91. The zero-order valence-electron chi connectivity index (χ0n) is 11.9. The Bertz CT molecular complexity index is 548. The van der Waals surface area contributed by atoms with E-state index >= 15 is 0 Å². The quantitative estimate of drug-likeness (QED) is 0.847. The molecule has 1 fully saturated rings. The van der Waals surface area contributed by atoms with E-state index in [2.05, 4.69) is 21.5 Å². The molecule has 114 valence electrons. The zero-order valence-corrected chi connectivity index (χ0v) is 13.6. The molecule has 2 rings (SSSR count). The van der Waals surface area contributed by atoms with Gasteiger partial charge < -0.3 is 10.6 Å². The molecule has 2 heterocycles. The monoisotopic (exact) mass is 318 g/mol. The van der Waals surface area contributed by atoms with Crippen LogP contribution >= 0.6 is 11.3 Å². The number of hydrogen-bond acceptors (Lipinski definition) is 6. The lowest BCUT2D eigenvalue weighted by Gasteiger charge is -2.30. The Morgan fingerprint density at radius 2 is 2.10 bits per heavy atom. The van der Waals surface area contributed by atoms with Crippen LogP contribution in [-0.4, -0.2) is 44.5 Å². The van der Waals surface area contributed by atoms with E-state index in [0.29, 0.717) is 23.3 Å². The second-order valence-electron chi connectivity index (χ2n) is 5.15. The summed E-state index contributed by atoms with van der Waals surface area (Å²) in [6, 6.07) is 0. The lowest BCUT2D eigenvalue weighted by molar-refractivity contribution is 0.194. The van der Waals surface area contributed by atoms with Crippen LogP contribution in [0.25, 0.3) is 0 Å². The summed E-state index contributed by atoms with van der Waals surface area (Å²) in [4.78, 5) is 6.35. The molecule has 0 unspecified atom stereocenters. The number of hydrogen-bond donors (Lipinski definition) is 2. The van der Waals surface area contributed by atoms with Gasteiger partial charge in [-0.1, -0.05) is 18.3 Å². The Labute approximate surface area is 124 Å². The van der Waals surface area contributed by atoms with E-state index < -0.39 is 10.0 Å². The summed E-state index contributed by atoms with van der Waals surface area (Å²) in [6.45, 7) is 7.49. The van der Waals surface area contributed by atoms with E-state index in [4.69, 9.17) is 5.73 Å². The molecule has 8 heteroatoms. The molecule has 6 nitrogen and oxygen atoms in total. The van der Waals surface area contributed by atoms with E-state index in [1.54, 1.807) is 6.92 Å². The predicted octanol–water partition coefficient (Wildman–Crippen LogP) is 1.04. The highest BCUT2D eigenvalue weighted by Gasteiger charge is 2.24. The van der Waals surface area contributed by atoms with Gasteiger partial charge in [-0.15, -0.1) is 0 Å². The summed E-state index contributed by atoms with van der Waals surface area (Å²) in [6.07, 6.45) is 2.08. The molecule has 0 radical (unpaired) electrons. The van der Waals surface area contributed by atoms with Crippen LogP contribution < -0.4 is 10.5 Å². The summed E-state index contributed by atoms with van der Waals surface area (Å²) in [5, 5.41) is 0.291. The number of nitrogen functional groups attached to an aromatic ring is 1. The van der Waals surface area contributed by atoms with Crippen LogP contribution in [0.2, 0.25) is 0 Å². The maximum atomic E-state index is 12.2. The van der Waals surface area contributed by atoms with Crippen molar-refractivity contribution in [1.29, 1.82) is 0 Å². The van der Waals surface area contributed by atoms with Crippen molar-refractivity contribution < 1.29 is 8.42 Å². The van der Waals surface area contributed by atoms with Crippen molar-refractivity contribution in [1.82, 2.24) is 14.6 Å². The maximum absolute atomic E-state index is 12.2. The number of piperidine rings is 1. The molecule has 0 aromatic carbocycles. The van der Waals surface area contributed by atoms with Gasteiger partial charge in [0.2, 0.25) is 0 Å². The van der Waals surface area contributed by atoms with E-state index in [-0.39, 0.29) is 4.21 Å². The van der Waals surface area contributed by atoms with Crippen LogP contribution in [0.1, 0.15) is 25.5 Å². The lowest BCUT2D eigenvalue weighted by atomic mass is 9.97. The smallest absolute Gasteiger partial charge is 0.252 e. The highest BCUT2D eigenvalue weighted by Crippen LogP contribution is 2.25. The number of aryl methyl sites for hydroxylation is 1.